The van der Waals surface area contributed by atoms with E-state index >= 15 is 0 Å². The molecule has 2 N–H and O–H groups in total. The average molecular weight is 310 g/mol. The first kappa shape index (κ1) is 15.4. The van der Waals surface area contributed by atoms with Gasteiger partial charge in [-0.05, 0) is 56.0 Å². The molecule has 2 aromatic rings. The fourth-order valence-corrected chi connectivity index (χ4v) is 3.19. The van der Waals surface area contributed by atoms with Gasteiger partial charge in [-0.2, -0.15) is 0 Å². The van der Waals surface area contributed by atoms with Crippen LogP contribution in [0.4, 0.5) is 11.4 Å². The van der Waals surface area contributed by atoms with Crippen LogP contribution < -0.4 is 15.4 Å². The highest BCUT2D eigenvalue weighted by molar-refractivity contribution is 6.06. The van der Waals surface area contributed by atoms with Gasteiger partial charge in [0.25, 0.3) is 5.91 Å². The van der Waals surface area contributed by atoms with Crippen LogP contribution in [0.1, 0.15) is 33.5 Å². The first-order chi connectivity index (χ1) is 11.1. The zero-order valence-corrected chi connectivity index (χ0v) is 13.8. The number of hydrogen-bond acceptors (Lipinski definition) is 3. The van der Waals surface area contributed by atoms with Crippen molar-refractivity contribution < 1.29 is 9.53 Å². The molecule has 0 aliphatic carbocycles. The van der Waals surface area contributed by atoms with Crippen LogP contribution >= 0.6 is 0 Å². The molecule has 0 spiro atoms. The summed E-state index contributed by atoms with van der Waals surface area (Å²) in [4.78, 5) is 12.7. The lowest BCUT2D eigenvalue weighted by Gasteiger charge is -2.21. The Morgan fingerprint density at radius 2 is 2.04 bits per heavy atom. The molecular formula is C19H22N2O2. The summed E-state index contributed by atoms with van der Waals surface area (Å²) < 4.78 is 5.43. The first-order valence-corrected chi connectivity index (χ1v) is 7.93. The smallest absolute Gasteiger partial charge is 0.256 e. The van der Waals surface area contributed by atoms with Crippen molar-refractivity contribution in [2.45, 2.75) is 26.7 Å². The summed E-state index contributed by atoms with van der Waals surface area (Å²) in [6.07, 6.45) is 1.98. The predicted molar refractivity (Wildman–Crippen MR) is 93.7 cm³/mol. The largest absolute Gasteiger partial charge is 0.496 e. The number of benzene rings is 2. The average Bonchev–Trinajstić information content (AvgIpc) is 2.57. The molecule has 0 atom stereocenters. The van der Waals surface area contributed by atoms with E-state index in [1.807, 2.05) is 44.2 Å². The van der Waals surface area contributed by atoms with Crippen molar-refractivity contribution in [2.24, 2.45) is 0 Å². The van der Waals surface area contributed by atoms with Crippen molar-refractivity contribution in [1.82, 2.24) is 0 Å². The van der Waals surface area contributed by atoms with Gasteiger partial charge < -0.3 is 15.4 Å². The third-order valence-corrected chi connectivity index (χ3v) is 4.39. The molecule has 0 aromatic heterocycles. The summed E-state index contributed by atoms with van der Waals surface area (Å²) in [5.41, 5.74) is 5.72. The highest BCUT2D eigenvalue weighted by atomic mass is 16.5. The standard InChI is InChI=1S/C19H22N2O2/c1-12-9-10-16(13(2)18(12)23-3)21-19(22)15-6-4-8-17-14(15)7-5-11-20-17/h4,6,8-10,20H,5,7,11H2,1-3H3,(H,21,22). The quantitative estimate of drug-likeness (QED) is 0.903. The number of methoxy groups -OCH3 is 1. The van der Waals surface area contributed by atoms with Crippen molar-refractivity contribution >= 4 is 17.3 Å². The second kappa shape index (κ2) is 6.32. The lowest BCUT2D eigenvalue weighted by Crippen LogP contribution is -2.19. The molecular weight excluding hydrogens is 288 g/mol. The van der Waals surface area contributed by atoms with E-state index in [1.54, 1.807) is 7.11 Å². The summed E-state index contributed by atoms with van der Waals surface area (Å²) in [6, 6.07) is 9.74. The van der Waals surface area contributed by atoms with Crippen LogP contribution in [0.5, 0.6) is 5.75 Å². The Hall–Kier alpha value is -2.49. The maximum atomic E-state index is 12.7. The summed E-state index contributed by atoms with van der Waals surface area (Å²) in [5, 5.41) is 6.39. The third kappa shape index (κ3) is 2.89. The molecule has 1 aliphatic heterocycles. The molecule has 1 amide bonds. The number of carbonyl (C=O) groups excluding carboxylic acids is 1. The lowest BCUT2D eigenvalue weighted by molar-refractivity contribution is 0.102. The van der Waals surface area contributed by atoms with E-state index in [0.717, 1.165) is 58.8 Å². The van der Waals surface area contributed by atoms with E-state index in [0.29, 0.717) is 0 Å². The molecule has 0 radical (unpaired) electrons. The van der Waals surface area contributed by atoms with Gasteiger partial charge in [0.1, 0.15) is 5.75 Å². The van der Waals surface area contributed by atoms with E-state index < -0.39 is 0 Å². The molecule has 3 rings (SSSR count). The Kier molecular flexibility index (Phi) is 4.24. The molecule has 0 fully saturated rings. The molecule has 120 valence electrons. The first-order valence-electron chi connectivity index (χ1n) is 7.93. The SMILES string of the molecule is COc1c(C)ccc(NC(=O)c2cccc3c2CCCN3)c1C. The Balaban J connectivity index is 1.91. The van der Waals surface area contributed by atoms with E-state index in [1.165, 1.54) is 0 Å². The maximum Gasteiger partial charge on any atom is 0.256 e. The summed E-state index contributed by atoms with van der Waals surface area (Å²) in [6.45, 7) is 4.92. The lowest BCUT2D eigenvalue weighted by atomic mass is 9.97. The minimum atomic E-state index is -0.0699. The number of nitrogens with one attached hydrogen (secondary N) is 2. The van der Waals surface area contributed by atoms with Crippen molar-refractivity contribution in [1.29, 1.82) is 0 Å². The fraction of sp³-hybridized carbons (Fsp3) is 0.316. The summed E-state index contributed by atoms with van der Waals surface area (Å²) >= 11 is 0. The monoisotopic (exact) mass is 310 g/mol. The van der Waals surface area contributed by atoms with Crippen LogP contribution in [-0.4, -0.2) is 19.6 Å². The van der Waals surface area contributed by atoms with Gasteiger partial charge >= 0.3 is 0 Å². The van der Waals surface area contributed by atoms with Gasteiger partial charge in [-0.3, -0.25) is 4.79 Å². The van der Waals surface area contributed by atoms with Crippen molar-refractivity contribution in [3.05, 3.63) is 52.6 Å². The number of amides is 1. The highest BCUT2D eigenvalue weighted by Gasteiger charge is 2.18. The van der Waals surface area contributed by atoms with Crippen molar-refractivity contribution in [3.63, 3.8) is 0 Å². The summed E-state index contributed by atoms with van der Waals surface area (Å²) in [7, 11) is 1.65. The van der Waals surface area contributed by atoms with Crippen LogP contribution in [-0.2, 0) is 6.42 Å². The van der Waals surface area contributed by atoms with Gasteiger partial charge in [0.2, 0.25) is 0 Å². The Morgan fingerprint density at radius 3 is 2.83 bits per heavy atom. The molecule has 0 saturated heterocycles. The van der Waals surface area contributed by atoms with Gasteiger partial charge in [0, 0.05) is 29.0 Å². The van der Waals surface area contributed by atoms with Crippen LogP contribution in [0.2, 0.25) is 0 Å². The fourth-order valence-electron chi connectivity index (χ4n) is 3.19. The molecule has 4 heteroatoms. The second-order valence-corrected chi connectivity index (χ2v) is 5.90. The number of ether oxygens (including phenoxy) is 1. The topological polar surface area (TPSA) is 50.4 Å². The van der Waals surface area contributed by atoms with Gasteiger partial charge in [-0.1, -0.05) is 12.1 Å². The molecule has 23 heavy (non-hydrogen) atoms. The molecule has 1 aliphatic rings. The van der Waals surface area contributed by atoms with Gasteiger partial charge in [-0.25, -0.2) is 0 Å². The Labute approximate surface area is 136 Å². The third-order valence-electron chi connectivity index (χ3n) is 4.39. The highest BCUT2D eigenvalue weighted by Crippen LogP contribution is 2.30. The molecule has 0 saturated carbocycles. The van der Waals surface area contributed by atoms with E-state index in [9.17, 15) is 4.79 Å². The number of anilines is 2. The number of aryl methyl sites for hydroxylation is 1. The van der Waals surface area contributed by atoms with E-state index in [2.05, 4.69) is 10.6 Å². The van der Waals surface area contributed by atoms with E-state index in [4.69, 9.17) is 4.74 Å². The number of carbonyl (C=O) groups is 1. The van der Waals surface area contributed by atoms with Gasteiger partial charge in [0.05, 0.1) is 7.11 Å². The Bertz CT molecular complexity index is 753. The normalized spacial score (nSPS) is 13.0. The maximum absolute atomic E-state index is 12.7. The minimum absolute atomic E-state index is 0.0699. The molecule has 0 bridgehead atoms. The van der Waals surface area contributed by atoms with Crippen molar-refractivity contribution in [2.75, 3.05) is 24.3 Å². The van der Waals surface area contributed by atoms with Crippen LogP contribution in [0.15, 0.2) is 30.3 Å². The Morgan fingerprint density at radius 1 is 1.22 bits per heavy atom. The zero-order chi connectivity index (χ0) is 16.4. The number of rotatable bonds is 3. The van der Waals surface area contributed by atoms with Crippen LogP contribution in [0.3, 0.4) is 0 Å². The second-order valence-electron chi connectivity index (χ2n) is 5.90. The van der Waals surface area contributed by atoms with E-state index in [-0.39, 0.29) is 5.91 Å². The van der Waals surface area contributed by atoms with Crippen LogP contribution in [0.25, 0.3) is 0 Å². The van der Waals surface area contributed by atoms with Gasteiger partial charge in [-0.15, -0.1) is 0 Å². The number of fused-ring (bicyclic) bond motifs is 1. The minimum Gasteiger partial charge on any atom is -0.496 e. The summed E-state index contributed by atoms with van der Waals surface area (Å²) in [5.74, 6) is 0.749. The molecule has 2 aromatic carbocycles. The van der Waals surface area contributed by atoms with Crippen molar-refractivity contribution in [3.8, 4) is 5.75 Å². The molecule has 0 unspecified atom stereocenters. The molecule has 1 heterocycles. The zero-order valence-electron chi connectivity index (χ0n) is 13.8. The van der Waals surface area contributed by atoms with Crippen LogP contribution in [0, 0.1) is 13.8 Å². The van der Waals surface area contributed by atoms with Gasteiger partial charge in [0.15, 0.2) is 0 Å². The number of hydrogen-bond donors (Lipinski definition) is 2. The predicted octanol–water partition coefficient (Wildman–Crippen LogP) is 3.92. The molecule has 4 nitrogen and oxygen atoms in total.